The van der Waals surface area contributed by atoms with Crippen LogP contribution in [0.5, 0.6) is 5.75 Å². The summed E-state index contributed by atoms with van der Waals surface area (Å²) < 4.78 is 10.4. The summed E-state index contributed by atoms with van der Waals surface area (Å²) in [5.74, 6) is -0.907. The molecule has 26 heavy (non-hydrogen) atoms. The van der Waals surface area contributed by atoms with Crippen molar-refractivity contribution in [2.24, 2.45) is 5.92 Å². The van der Waals surface area contributed by atoms with Gasteiger partial charge in [-0.2, -0.15) is 0 Å². The molecule has 0 aliphatic heterocycles. The zero-order valence-corrected chi connectivity index (χ0v) is 15.0. The van der Waals surface area contributed by atoms with E-state index < -0.39 is 11.9 Å². The molecule has 134 valence electrons. The van der Waals surface area contributed by atoms with Gasteiger partial charge in [0, 0.05) is 12.3 Å². The highest BCUT2D eigenvalue weighted by Crippen LogP contribution is 2.38. The maximum Gasteiger partial charge on any atom is 0.317 e. The van der Waals surface area contributed by atoms with Crippen molar-refractivity contribution in [2.75, 3.05) is 13.7 Å². The van der Waals surface area contributed by atoms with Gasteiger partial charge in [-0.05, 0) is 35.8 Å². The first-order valence-electron chi connectivity index (χ1n) is 8.73. The Morgan fingerprint density at radius 3 is 2.38 bits per heavy atom. The lowest BCUT2D eigenvalue weighted by Gasteiger charge is -2.28. The van der Waals surface area contributed by atoms with E-state index in [2.05, 4.69) is 0 Å². The predicted molar refractivity (Wildman–Crippen MR) is 99.9 cm³/mol. The molecule has 2 aromatic carbocycles. The number of benzene rings is 2. The van der Waals surface area contributed by atoms with Crippen molar-refractivity contribution in [3.8, 4) is 5.75 Å². The molecule has 4 heteroatoms. The molecule has 1 aliphatic carbocycles. The Morgan fingerprint density at radius 1 is 1.08 bits per heavy atom. The minimum atomic E-state index is -0.792. The van der Waals surface area contributed by atoms with Crippen LogP contribution in [-0.4, -0.2) is 25.5 Å². The highest BCUT2D eigenvalue weighted by atomic mass is 16.5. The smallest absolute Gasteiger partial charge is 0.317 e. The average molecular weight is 350 g/mol. The van der Waals surface area contributed by atoms with E-state index in [1.807, 2.05) is 60.7 Å². The minimum absolute atomic E-state index is 0.106. The molecule has 0 radical (unpaired) electrons. The standard InChI is InChI=1S/C22H22O4/c1-3-26-22(24)21-19(16-7-5-4-6-8-16)13-17(14-20(21)23)15-9-11-18(25-2)12-10-15/h4-13,19,21H,3,14H2,1-2H3. The van der Waals surface area contributed by atoms with Gasteiger partial charge in [0.25, 0.3) is 0 Å². The van der Waals surface area contributed by atoms with Crippen molar-refractivity contribution >= 4 is 17.3 Å². The average Bonchev–Trinajstić information content (AvgIpc) is 2.68. The van der Waals surface area contributed by atoms with Crippen LogP contribution >= 0.6 is 0 Å². The summed E-state index contributed by atoms with van der Waals surface area (Å²) >= 11 is 0. The fraction of sp³-hybridized carbons (Fsp3) is 0.273. The Morgan fingerprint density at radius 2 is 1.77 bits per heavy atom. The largest absolute Gasteiger partial charge is 0.497 e. The molecule has 0 spiro atoms. The van der Waals surface area contributed by atoms with Crippen molar-refractivity contribution in [1.29, 1.82) is 0 Å². The van der Waals surface area contributed by atoms with Crippen LogP contribution in [-0.2, 0) is 14.3 Å². The van der Waals surface area contributed by atoms with Gasteiger partial charge in [-0.1, -0.05) is 48.5 Å². The fourth-order valence-electron chi connectivity index (χ4n) is 3.35. The molecular formula is C22H22O4. The van der Waals surface area contributed by atoms with Crippen molar-refractivity contribution in [3.05, 3.63) is 71.8 Å². The van der Waals surface area contributed by atoms with Gasteiger partial charge in [0.1, 0.15) is 11.7 Å². The number of methoxy groups -OCH3 is 1. The maximum absolute atomic E-state index is 12.8. The van der Waals surface area contributed by atoms with E-state index in [1.165, 1.54) is 0 Å². The SMILES string of the molecule is CCOC(=O)C1C(=O)CC(c2ccc(OC)cc2)=CC1c1ccccc1. The van der Waals surface area contributed by atoms with Gasteiger partial charge in [-0.25, -0.2) is 0 Å². The highest BCUT2D eigenvalue weighted by molar-refractivity contribution is 6.06. The van der Waals surface area contributed by atoms with Gasteiger partial charge in [0.05, 0.1) is 13.7 Å². The van der Waals surface area contributed by atoms with E-state index in [0.717, 1.165) is 22.4 Å². The lowest BCUT2D eigenvalue weighted by molar-refractivity contribution is -0.152. The normalized spacial score (nSPS) is 19.6. The van der Waals surface area contributed by atoms with Crippen LogP contribution in [0.2, 0.25) is 0 Å². The summed E-state index contributed by atoms with van der Waals surface area (Å²) in [4.78, 5) is 25.3. The molecular weight excluding hydrogens is 328 g/mol. The van der Waals surface area contributed by atoms with E-state index in [-0.39, 0.29) is 24.7 Å². The number of ketones is 1. The number of Topliss-reactive ketones (excluding diaryl/α,β-unsaturated/α-hetero) is 1. The Balaban J connectivity index is 2.01. The quantitative estimate of drug-likeness (QED) is 0.604. The summed E-state index contributed by atoms with van der Waals surface area (Å²) in [6.07, 6.45) is 2.25. The molecule has 0 fully saturated rings. The van der Waals surface area contributed by atoms with Crippen LogP contribution in [0.4, 0.5) is 0 Å². The van der Waals surface area contributed by atoms with Crippen molar-refractivity contribution in [2.45, 2.75) is 19.3 Å². The van der Waals surface area contributed by atoms with Gasteiger partial charge in [0.15, 0.2) is 5.78 Å². The van der Waals surface area contributed by atoms with Crippen LogP contribution in [0, 0.1) is 5.92 Å². The predicted octanol–water partition coefficient (Wildman–Crippen LogP) is 4.01. The molecule has 0 aromatic heterocycles. The van der Waals surface area contributed by atoms with Crippen molar-refractivity contribution in [3.63, 3.8) is 0 Å². The summed E-state index contributed by atoms with van der Waals surface area (Å²) in [6.45, 7) is 2.01. The van der Waals surface area contributed by atoms with Gasteiger partial charge in [-0.15, -0.1) is 0 Å². The first kappa shape index (κ1) is 17.9. The summed E-state index contributed by atoms with van der Waals surface area (Å²) in [5, 5.41) is 0. The van der Waals surface area contributed by atoms with Gasteiger partial charge in [-0.3, -0.25) is 9.59 Å². The Labute approximate surface area is 153 Å². The number of carbonyl (C=O) groups excluding carboxylic acids is 2. The molecule has 4 nitrogen and oxygen atoms in total. The third-order valence-electron chi connectivity index (χ3n) is 4.64. The van der Waals surface area contributed by atoms with Crippen molar-refractivity contribution < 1.29 is 19.1 Å². The number of esters is 1. The molecule has 1 aliphatic rings. The number of hydrogen-bond donors (Lipinski definition) is 0. The highest BCUT2D eigenvalue weighted by Gasteiger charge is 2.39. The third-order valence-corrected chi connectivity index (χ3v) is 4.64. The number of hydrogen-bond acceptors (Lipinski definition) is 4. The first-order chi connectivity index (χ1) is 12.6. The zero-order chi connectivity index (χ0) is 18.5. The monoisotopic (exact) mass is 350 g/mol. The second-order valence-corrected chi connectivity index (χ2v) is 6.23. The van der Waals surface area contributed by atoms with Crippen LogP contribution < -0.4 is 4.74 Å². The van der Waals surface area contributed by atoms with E-state index in [9.17, 15) is 9.59 Å². The Bertz CT molecular complexity index is 806. The topological polar surface area (TPSA) is 52.6 Å². The van der Waals surface area contributed by atoms with Gasteiger partial charge >= 0.3 is 5.97 Å². The second kappa shape index (κ2) is 8.00. The zero-order valence-electron chi connectivity index (χ0n) is 15.0. The van der Waals surface area contributed by atoms with E-state index in [1.54, 1.807) is 14.0 Å². The Hall–Kier alpha value is -2.88. The molecule has 0 heterocycles. The molecule has 2 unspecified atom stereocenters. The first-order valence-corrected chi connectivity index (χ1v) is 8.73. The molecule has 0 bridgehead atoms. The van der Waals surface area contributed by atoms with Gasteiger partial charge in [0.2, 0.25) is 0 Å². The summed E-state index contributed by atoms with van der Waals surface area (Å²) in [6, 6.07) is 17.2. The number of rotatable bonds is 5. The number of ether oxygens (including phenoxy) is 2. The van der Waals surface area contributed by atoms with E-state index in [0.29, 0.717) is 0 Å². The lowest BCUT2D eigenvalue weighted by Crippen LogP contribution is -2.34. The second-order valence-electron chi connectivity index (χ2n) is 6.23. The van der Waals surface area contributed by atoms with E-state index in [4.69, 9.17) is 9.47 Å². The summed E-state index contributed by atoms with van der Waals surface area (Å²) in [7, 11) is 1.62. The number of carbonyl (C=O) groups is 2. The van der Waals surface area contributed by atoms with Crippen LogP contribution in [0.3, 0.4) is 0 Å². The fourth-order valence-corrected chi connectivity index (χ4v) is 3.35. The molecule has 2 atom stereocenters. The maximum atomic E-state index is 12.8. The Kier molecular flexibility index (Phi) is 5.52. The molecule has 0 amide bonds. The molecule has 0 saturated heterocycles. The van der Waals surface area contributed by atoms with E-state index >= 15 is 0 Å². The number of allylic oxidation sites excluding steroid dienone is 2. The molecule has 2 aromatic rings. The van der Waals surface area contributed by atoms with Crippen LogP contribution in [0.25, 0.3) is 5.57 Å². The lowest BCUT2D eigenvalue weighted by atomic mass is 9.75. The van der Waals surface area contributed by atoms with Crippen LogP contribution in [0.1, 0.15) is 30.4 Å². The molecule has 3 rings (SSSR count). The third kappa shape index (κ3) is 3.69. The van der Waals surface area contributed by atoms with Crippen LogP contribution in [0.15, 0.2) is 60.7 Å². The van der Waals surface area contributed by atoms with Crippen molar-refractivity contribution in [1.82, 2.24) is 0 Å². The van der Waals surface area contributed by atoms with Gasteiger partial charge < -0.3 is 9.47 Å². The molecule has 0 saturated carbocycles. The molecule has 0 N–H and O–H groups in total. The summed E-state index contributed by atoms with van der Waals surface area (Å²) in [5.41, 5.74) is 2.82. The minimum Gasteiger partial charge on any atom is -0.497 e.